The van der Waals surface area contributed by atoms with E-state index in [1.165, 1.54) is 0 Å². The maximum atomic E-state index is 12.5. The van der Waals surface area contributed by atoms with Gasteiger partial charge in [0.15, 0.2) is 0 Å². The summed E-state index contributed by atoms with van der Waals surface area (Å²) in [7, 11) is 1.66. The van der Waals surface area contributed by atoms with Crippen molar-refractivity contribution in [1.29, 1.82) is 0 Å². The Morgan fingerprint density at radius 2 is 1.73 bits per heavy atom. The second kappa shape index (κ2) is 8.20. The van der Waals surface area contributed by atoms with Crippen molar-refractivity contribution in [3.8, 4) is 0 Å². The number of hydrogen-bond donors (Lipinski definition) is 2. The molecule has 0 aliphatic heterocycles. The number of nitrogens with one attached hydrogen (secondary N) is 2. The second-order valence-electron chi connectivity index (χ2n) is 4.93. The van der Waals surface area contributed by atoms with E-state index in [1.54, 1.807) is 7.11 Å². The number of benzene rings is 2. The van der Waals surface area contributed by atoms with Crippen molar-refractivity contribution >= 4 is 17.3 Å². The Morgan fingerprint density at radius 1 is 1.05 bits per heavy atom. The Hall–Kier alpha value is -2.33. The number of ether oxygens (including phenoxy) is 1. The van der Waals surface area contributed by atoms with E-state index < -0.39 is 0 Å². The quantitative estimate of drug-likeness (QED) is 0.768. The number of carbonyl (C=O) groups excluding carboxylic acids is 1. The van der Waals surface area contributed by atoms with Gasteiger partial charge in [-0.15, -0.1) is 0 Å². The van der Waals surface area contributed by atoms with Crippen molar-refractivity contribution in [2.75, 3.05) is 30.9 Å². The molecule has 0 aliphatic carbocycles. The first kappa shape index (κ1) is 16.0. The van der Waals surface area contributed by atoms with Gasteiger partial charge in [0.1, 0.15) is 0 Å². The van der Waals surface area contributed by atoms with Crippen molar-refractivity contribution < 1.29 is 9.53 Å². The van der Waals surface area contributed by atoms with Gasteiger partial charge in [-0.05, 0) is 30.2 Å². The average Bonchev–Trinajstić information content (AvgIpc) is 2.56. The maximum absolute atomic E-state index is 12.5. The number of amides is 1. The summed E-state index contributed by atoms with van der Waals surface area (Å²) in [6, 6.07) is 15.4. The normalized spacial score (nSPS) is 10.3. The molecule has 1 amide bonds. The van der Waals surface area contributed by atoms with Crippen LogP contribution in [0.15, 0.2) is 48.5 Å². The van der Waals surface area contributed by atoms with E-state index in [9.17, 15) is 4.79 Å². The van der Waals surface area contributed by atoms with E-state index in [4.69, 9.17) is 4.74 Å². The first-order chi connectivity index (χ1) is 10.8. The molecule has 4 nitrogen and oxygen atoms in total. The maximum Gasteiger partial charge on any atom is 0.255 e. The molecule has 22 heavy (non-hydrogen) atoms. The summed E-state index contributed by atoms with van der Waals surface area (Å²) in [5.41, 5.74) is 3.43. The van der Waals surface area contributed by atoms with Crippen molar-refractivity contribution in [2.45, 2.75) is 13.3 Å². The van der Waals surface area contributed by atoms with Gasteiger partial charge in [0.25, 0.3) is 5.91 Å². The molecule has 0 aromatic heterocycles. The molecule has 0 saturated heterocycles. The van der Waals surface area contributed by atoms with Crippen LogP contribution >= 0.6 is 0 Å². The van der Waals surface area contributed by atoms with Crippen molar-refractivity contribution in [3.05, 3.63) is 59.7 Å². The molecule has 2 aromatic carbocycles. The summed E-state index contributed by atoms with van der Waals surface area (Å²) >= 11 is 0. The summed E-state index contributed by atoms with van der Waals surface area (Å²) in [4.78, 5) is 12.5. The van der Waals surface area contributed by atoms with Crippen LogP contribution < -0.4 is 10.6 Å². The predicted octanol–water partition coefficient (Wildman–Crippen LogP) is 3.56. The molecule has 0 spiro atoms. The zero-order valence-corrected chi connectivity index (χ0v) is 13.1. The zero-order valence-electron chi connectivity index (χ0n) is 13.1. The summed E-state index contributed by atoms with van der Waals surface area (Å²) in [5.74, 6) is -0.0848. The van der Waals surface area contributed by atoms with Gasteiger partial charge in [-0.2, -0.15) is 0 Å². The summed E-state index contributed by atoms with van der Waals surface area (Å²) in [6.07, 6.45) is 0.831. The molecule has 0 bridgehead atoms. The lowest BCUT2D eigenvalue weighted by Gasteiger charge is -2.14. The largest absolute Gasteiger partial charge is 0.383 e. The van der Waals surface area contributed by atoms with Crippen LogP contribution in [0, 0.1) is 0 Å². The molecule has 116 valence electrons. The van der Waals surface area contributed by atoms with E-state index in [-0.39, 0.29) is 5.91 Å². The molecule has 0 saturated carbocycles. The van der Waals surface area contributed by atoms with E-state index in [2.05, 4.69) is 10.6 Å². The fourth-order valence-electron chi connectivity index (χ4n) is 2.27. The predicted molar refractivity (Wildman–Crippen MR) is 90.6 cm³/mol. The molecule has 0 radical (unpaired) electrons. The molecule has 0 atom stereocenters. The summed E-state index contributed by atoms with van der Waals surface area (Å²) < 4.78 is 5.03. The molecule has 2 N–H and O–H groups in total. The minimum atomic E-state index is -0.0848. The van der Waals surface area contributed by atoms with Gasteiger partial charge < -0.3 is 15.4 Å². The number of para-hydroxylation sites is 2. The van der Waals surface area contributed by atoms with E-state index in [0.717, 1.165) is 28.9 Å². The standard InChI is InChI=1S/C18H22N2O2/c1-3-14-8-4-5-9-15(14)18(21)20-17-11-7-6-10-16(17)19-12-13-22-2/h4-11,19H,3,12-13H2,1-2H3,(H,20,21). The first-order valence-electron chi connectivity index (χ1n) is 7.47. The van der Waals surface area contributed by atoms with E-state index in [1.807, 2.05) is 55.5 Å². The van der Waals surface area contributed by atoms with Gasteiger partial charge in [0, 0.05) is 19.2 Å². The highest BCUT2D eigenvalue weighted by Crippen LogP contribution is 2.22. The average molecular weight is 298 g/mol. The third kappa shape index (κ3) is 4.09. The summed E-state index contributed by atoms with van der Waals surface area (Å²) in [5, 5.41) is 6.25. The topological polar surface area (TPSA) is 50.4 Å². The van der Waals surface area contributed by atoms with Gasteiger partial charge in [-0.1, -0.05) is 37.3 Å². The van der Waals surface area contributed by atoms with E-state index in [0.29, 0.717) is 13.2 Å². The number of aryl methyl sites for hydroxylation is 1. The van der Waals surface area contributed by atoms with Crippen molar-refractivity contribution in [2.24, 2.45) is 0 Å². The smallest absolute Gasteiger partial charge is 0.255 e. The fraction of sp³-hybridized carbons (Fsp3) is 0.278. The molecule has 0 fully saturated rings. The number of rotatable bonds is 7. The van der Waals surface area contributed by atoms with Crippen LogP contribution in [0.3, 0.4) is 0 Å². The van der Waals surface area contributed by atoms with Crippen molar-refractivity contribution in [1.82, 2.24) is 0 Å². The third-order valence-electron chi connectivity index (χ3n) is 3.44. The zero-order chi connectivity index (χ0) is 15.8. The van der Waals surface area contributed by atoms with Crippen LogP contribution in [0.1, 0.15) is 22.8 Å². The highest BCUT2D eigenvalue weighted by atomic mass is 16.5. The Bertz CT molecular complexity index is 626. The van der Waals surface area contributed by atoms with Crippen molar-refractivity contribution in [3.63, 3.8) is 0 Å². The SMILES string of the molecule is CCc1ccccc1C(=O)Nc1ccccc1NCCOC. The number of methoxy groups -OCH3 is 1. The van der Waals surface area contributed by atoms with Crippen LogP contribution in [-0.2, 0) is 11.2 Å². The lowest BCUT2D eigenvalue weighted by molar-refractivity contribution is 0.102. The van der Waals surface area contributed by atoms with Gasteiger partial charge in [-0.25, -0.2) is 0 Å². The summed E-state index contributed by atoms with van der Waals surface area (Å²) in [6.45, 7) is 3.35. The minimum absolute atomic E-state index is 0.0848. The molecular weight excluding hydrogens is 276 g/mol. The van der Waals surface area contributed by atoms with Gasteiger partial charge in [0.2, 0.25) is 0 Å². The fourth-order valence-corrected chi connectivity index (χ4v) is 2.27. The molecule has 0 heterocycles. The van der Waals surface area contributed by atoms with Gasteiger partial charge in [0.05, 0.1) is 18.0 Å². The minimum Gasteiger partial charge on any atom is -0.383 e. The first-order valence-corrected chi connectivity index (χ1v) is 7.47. The number of anilines is 2. The monoisotopic (exact) mass is 298 g/mol. The molecule has 0 unspecified atom stereocenters. The second-order valence-corrected chi connectivity index (χ2v) is 4.93. The Morgan fingerprint density at radius 3 is 2.45 bits per heavy atom. The van der Waals surface area contributed by atoms with Crippen LogP contribution in [0.5, 0.6) is 0 Å². The highest BCUT2D eigenvalue weighted by molar-refractivity contribution is 6.06. The lowest BCUT2D eigenvalue weighted by Crippen LogP contribution is -2.16. The lowest BCUT2D eigenvalue weighted by atomic mass is 10.0. The van der Waals surface area contributed by atoms with Crippen LogP contribution in [0.25, 0.3) is 0 Å². The van der Waals surface area contributed by atoms with Crippen LogP contribution in [-0.4, -0.2) is 26.2 Å². The van der Waals surface area contributed by atoms with E-state index >= 15 is 0 Å². The Balaban J connectivity index is 2.14. The Kier molecular flexibility index (Phi) is 5.98. The third-order valence-corrected chi connectivity index (χ3v) is 3.44. The highest BCUT2D eigenvalue weighted by Gasteiger charge is 2.11. The van der Waals surface area contributed by atoms with Crippen LogP contribution in [0.4, 0.5) is 11.4 Å². The molecule has 0 aliphatic rings. The van der Waals surface area contributed by atoms with Crippen LogP contribution in [0.2, 0.25) is 0 Å². The molecule has 2 rings (SSSR count). The number of hydrogen-bond acceptors (Lipinski definition) is 3. The number of carbonyl (C=O) groups is 1. The molecule has 4 heteroatoms. The Labute approximate surface area is 131 Å². The van der Waals surface area contributed by atoms with Gasteiger partial charge >= 0.3 is 0 Å². The van der Waals surface area contributed by atoms with Gasteiger partial charge in [-0.3, -0.25) is 4.79 Å². The molecular formula is C18H22N2O2. The molecule has 2 aromatic rings.